The van der Waals surface area contributed by atoms with Gasteiger partial charge in [0.2, 0.25) is 0 Å². The van der Waals surface area contributed by atoms with Crippen molar-refractivity contribution in [2.75, 3.05) is 19.0 Å². The molecule has 0 aliphatic carbocycles. The first-order valence-electron chi connectivity index (χ1n) is 8.16. The molecule has 5 nitrogen and oxygen atoms in total. The van der Waals surface area contributed by atoms with Gasteiger partial charge >= 0.3 is 12.2 Å². The number of halogens is 3. The van der Waals surface area contributed by atoms with E-state index in [0.29, 0.717) is 12.2 Å². The number of methoxy groups -OCH3 is 1. The predicted octanol–water partition coefficient (Wildman–Crippen LogP) is 3.83. The Bertz CT molecular complexity index is 757. The standard InChI is InChI=1S/C19H21F3N2O3/c1-18(26,11-13-3-9-16(27-2)10-4-13)12-23-17(25)24-15-7-5-14(6-8-15)19(20,21)22/h3-10,26H,11-12H2,1-2H3,(H2,23,24,25). The second kappa shape index (κ2) is 8.30. The summed E-state index contributed by atoms with van der Waals surface area (Å²) in [7, 11) is 1.56. The molecule has 2 rings (SSSR count). The molecule has 1 atom stereocenters. The summed E-state index contributed by atoms with van der Waals surface area (Å²) >= 11 is 0. The van der Waals surface area contributed by atoms with Gasteiger partial charge in [-0.3, -0.25) is 0 Å². The number of nitrogens with one attached hydrogen (secondary N) is 2. The molecule has 0 heterocycles. The molecule has 0 aliphatic rings. The maximum Gasteiger partial charge on any atom is 0.416 e. The topological polar surface area (TPSA) is 70.6 Å². The van der Waals surface area contributed by atoms with Crippen LogP contribution in [0.1, 0.15) is 18.1 Å². The van der Waals surface area contributed by atoms with Crippen molar-refractivity contribution >= 4 is 11.7 Å². The molecule has 1 unspecified atom stereocenters. The van der Waals surface area contributed by atoms with Crippen LogP contribution in [0.4, 0.5) is 23.7 Å². The Balaban J connectivity index is 1.86. The molecule has 0 radical (unpaired) electrons. The van der Waals surface area contributed by atoms with Gasteiger partial charge < -0.3 is 20.5 Å². The number of amides is 2. The van der Waals surface area contributed by atoms with Gasteiger partial charge in [0.05, 0.1) is 18.3 Å². The van der Waals surface area contributed by atoms with Crippen molar-refractivity contribution in [2.45, 2.75) is 25.1 Å². The van der Waals surface area contributed by atoms with Crippen molar-refractivity contribution < 1.29 is 27.8 Å². The smallest absolute Gasteiger partial charge is 0.416 e. The lowest BCUT2D eigenvalue weighted by atomic mass is 9.96. The highest BCUT2D eigenvalue weighted by Crippen LogP contribution is 2.29. The molecule has 0 saturated heterocycles. The average Bonchev–Trinajstić information content (AvgIpc) is 2.60. The molecule has 2 aromatic carbocycles. The number of hydrogen-bond acceptors (Lipinski definition) is 3. The SMILES string of the molecule is COc1ccc(CC(C)(O)CNC(=O)Nc2ccc(C(F)(F)F)cc2)cc1. The summed E-state index contributed by atoms with van der Waals surface area (Å²) in [5.41, 5.74) is -0.913. The first-order chi connectivity index (χ1) is 12.6. The highest BCUT2D eigenvalue weighted by Gasteiger charge is 2.30. The van der Waals surface area contributed by atoms with Gasteiger partial charge in [0.1, 0.15) is 5.75 Å². The van der Waals surface area contributed by atoms with Gasteiger partial charge in [-0.15, -0.1) is 0 Å². The summed E-state index contributed by atoms with van der Waals surface area (Å²) in [6.45, 7) is 1.54. The van der Waals surface area contributed by atoms with Crippen molar-refractivity contribution in [1.29, 1.82) is 0 Å². The lowest BCUT2D eigenvalue weighted by Crippen LogP contribution is -2.43. The number of urea groups is 1. The lowest BCUT2D eigenvalue weighted by molar-refractivity contribution is -0.137. The highest BCUT2D eigenvalue weighted by molar-refractivity contribution is 5.89. The fraction of sp³-hybridized carbons (Fsp3) is 0.316. The third kappa shape index (κ3) is 6.49. The van der Waals surface area contributed by atoms with E-state index in [1.54, 1.807) is 26.2 Å². The molecule has 0 aliphatic heterocycles. The molecule has 0 fully saturated rings. The molecule has 2 aromatic rings. The van der Waals surface area contributed by atoms with Crippen molar-refractivity contribution in [2.24, 2.45) is 0 Å². The van der Waals surface area contributed by atoms with E-state index in [4.69, 9.17) is 4.74 Å². The highest BCUT2D eigenvalue weighted by atomic mass is 19.4. The van der Waals surface area contributed by atoms with Gasteiger partial charge in [0.15, 0.2) is 0 Å². The van der Waals surface area contributed by atoms with Gasteiger partial charge in [-0.05, 0) is 48.9 Å². The molecule has 8 heteroatoms. The lowest BCUT2D eigenvalue weighted by Gasteiger charge is -2.24. The molecular formula is C19H21F3N2O3. The van der Waals surface area contributed by atoms with Crippen LogP contribution in [0.3, 0.4) is 0 Å². The number of carbonyl (C=O) groups is 1. The largest absolute Gasteiger partial charge is 0.497 e. The summed E-state index contributed by atoms with van der Waals surface area (Å²) in [6, 6.07) is 10.7. The number of ether oxygens (including phenoxy) is 1. The Labute approximate surface area is 155 Å². The summed E-state index contributed by atoms with van der Waals surface area (Å²) in [6.07, 6.45) is -4.13. The number of benzene rings is 2. The van der Waals surface area contributed by atoms with Gasteiger partial charge in [-0.2, -0.15) is 13.2 Å². The number of alkyl halides is 3. The quantitative estimate of drug-likeness (QED) is 0.711. The van der Waals surface area contributed by atoms with Crippen molar-refractivity contribution in [3.05, 3.63) is 59.7 Å². The molecular weight excluding hydrogens is 361 g/mol. The Kier molecular flexibility index (Phi) is 6.32. The monoisotopic (exact) mass is 382 g/mol. The first-order valence-corrected chi connectivity index (χ1v) is 8.16. The number of rotatable bonds is 6. The van der Waals surface area contributed by atoms with Crippen LogP contribution in [0.15, 0.2) is 48.5 Å². The van der Waals surface area contributed by atoms with E-state index in [2.05, 4.69) is 10.6 Å². The third-order valence-corrected chi connectivity index (χ3v) is 3.84. The fourth-order valence-electron chi connectivity index (χ4n) is 2.43. The average molecular weight is 382 g/mol. The maximum absolute atomic E-state index is 12.5. The molecule has 0 aromatic heterocycles. The van der Waals surface area contributed by atoms with E-state index < -0.39 is 23.4 Å². The molecule has 0 spiro atoms. The van der Waals surface area contributed by atoms with E-state index in [0.717, 1.165) is 29.8 Å². The zero-order valence-corrected chi connectivity index (χ0v) is 14.9. The summed E-state index contributed by atoms with van der Waals surface area (Å²) < 4.78 is 42.6. The van der Waals surface area contributed by atoms with Crippen molar-refractivity contribution in [1.82, 2.24) is 5.32 Å². The number of aliphatic hydroxyl groups is 1. The number of hydrogen-bond donors (Lipinski definition) is 3. The Morgan fingerprint density at radius 3 is 2.19 bits per heavy atom. The van der Waals surface area contributed by atoms with E-state index in [-0.39, 0.29) is 12.2 Å². The fourth-order valence-corrected chi connectivity index (χ4v) is 2.43. The van der Waals surface area contributed by atoms with Crippen LogP contribution in [0.25, 0.3) is 0 Å². The van der Waals surface area contributed by atoms with Gasteiger partial charge in [0, 0.05) is 18.7 Å². The maximum atomic E-state index is 12.5. The second-order valence-electron chi connectivity index (χ2n) is 6.40. The second-order valence-corrected chi connectivity index (χ2v) is 6.40. The molecule has 3 N–H and O–H groups in total. The molecule has 2 amide bonds. The molecule has 0 bridgehead atoms. The minimum atomic E-state index is -4.43. The van der Waals surface area contributed by atoms with Gasteiger partial charge in [-0.25, -0.2) is 4.79 Å². The van der Waals surface area contributed by atoms with E-state index in [1.165, 1.54) is 0 Å². The van der Waals surface area contributed by atoms with Crippen LogP contribution >= 0.6 is 0 Å². The van der Waals surface area contributed by atoms with Gasteiger partial charge in [0.25, 0.3) is 0 Å². The molecule has 27 heavy (non-hydrogen) atoms. The van der Waals surface area contributed by atoms with Crippen LogP contribution in [0.5, 0.6) is 5.75 Å². The Hall–Kier alpha value is -2.74. The zero-order valence-electron chi connectivity index (χ0n) is 14.9. The number of anilines is 1. The van der Waals surface area contributed by atoms with Gasteiger partial charge in [-0.1, -0.05) is 12.1 Å². The Morgan fingerprint density at radius 1 is 1.07 bits per heavy atom. The summed E-state index contributed by atoms with van der Waals surface area (Å²) in [4.78, 5) is 11.9. The zero-order chi connectivity index (χ0) is 20.1. The van der Waals surface area contributed by atoms with Crippen molar-refractivity contribution in [3.8, 4) is 5.75 Å². The van der Waals surface area contributed by atoms with Crippen LogP contribution in [-0.2, 0) is 12.6 Å². The molecule has 146 valence electrons. The van der Waals surface area contributed by atoms with Crippen LogP contribution in [0, 0.1) is 0 Å². The van der Waals surface area contributed by atoms with Crippen molar-refractivity contribution in [3.63, 3.8) is 0 Å². The number of carbonyl (C=O) groups excluding carboxylic acids is 1. The predicted molar refractivity (Wildman–Crippen MR) is 95.8 cm³/mol. The third-order valence-electron chi connectivity index (χ3n) is 3.84. The van der Waals surface area contributed by atoms with Crippen LogP contribution < -0.4 is 15.4 Å². The van der Waals surface area contributed by atoms with E-state index in [9.17, 15) is 23.1 Å². The van der Waals surface area contributed by atoms with E-state index in [1.807, 2.05) is 12.1 Å². The summed E-state index contributed by atoms with van der Waals surface area (Å²) in [5, 5.41) is 15.4. The van der Waals surface area contributed by atoms with Crippen LogP contribution in [-0.4, -0.2) is 30.4 Å². The normalized spacial score (nSPS) is 13.6. The minimum absolute atomic E-state index is 0.0362. The van der Waals surface area contributed by atoms with Crippen LogP contribution in [0.2, 0.25) is 0 Å². The minimum Gasteiger partial charge on any atom is -0.497 e. The first kappa shape index (κ1) is 20.6. The van der Waals surface area contributed by atoms with E-state index >= 15 is 0 Å². The molecule has 0 saturated carbocycles. The summed E-state index contributed by atoms with van der Waals surface area (Å²) in [5.74, 6) is 0.701. The Morgan fingerprint density at radius 2 is 1.67 bits per heavy atom.